The van der Waals surface area contributed by atoms with Crippen LogP contribution in [0.25, 0.3) is 22.1 Å². The first-order valence-electron chi connectivity index (χ1n) is 10.5. The lowest BCUT2D eigenvalue weighted by Crippen LogP contribution is -2.31. The molecule has 0 spiro atoms. The van der Waals surface area contributed by atoms with Crippen LogP contribution in [0, 0.1) is 0 Å². The van der Waals surface area contributed by atoms with E-state index in [2.05, 4.69) is 15.3 Å². The second-order valence-electron chi connectivity index (χ2n) is 8.01. The summed E-state index contributed by atoms with van der Waals surface area (Å²) in [7, 11) is 3.91. The number of H-pyrrole nitrogens is 2. The Balaban J connectivity index is 1.48. The molecule has 1 amide bonds. The summed E-state index contributed by atoms with van der Waals surface area (Å²) in [5, 5.41) is 3.16. The van der Waals surface area contributed by atoms with Gasteiger partial charge in [-0.25, -0.2) is 9.97 Å². The van der Waals surface area contributed by atoms with E-state index in [0.717, 1.165) is 33.6 Å². The number of para-hydroxylation sites is 4. The predicted molar refractivity (Wildman–Crippen MR) is 127 cm³/mol. The molecule has 0 fully saturated rings. The normalized spacial score (nSPS) is 12.2. The molecule has 32 heavy (non-hydrogen) atoms. The van der Waals surface area contributed by atoms with Crippen molar-refractivity contribution in [3.8, 4) is 0 Å². The van der Waals surface area contributed by atoms with Gasteiger partial charge in [0.25, 0.3) is 5.91 Å². The Kier molecular flexibility index (Phi) is 5.07. The summed E-state index contributed by atoms with van der Waals surface area (Å²) in [6.45, 7) is 0. The van der Waals surface area contributed by atoms with Gasteiger partial charge in [0.05, 0.1) is 28.1 Å². The van der Waals surface area contributed by atoms with Crippen molar-refractivity contribution in [3.63, 3.8) is 0 Å². The summed E-state index contributed by atoms with van der Waals surface area (Å²) >= 11 is 0. The van der Waals surface area contributed by atoms with Crippen molar-refractivity contribution < 1.29 is 4.79 Å². The lowest BCUT2D eigenvalue weighted by atomic mass is 10.1. The van der Waals surface area contributed by atoms with Gasteiger partial charge < -0.3 is 20.2 Å². The van der Waals surface area contributed by atoms with E-state index in [1.807, 2.05) is 91.8 Å². The first kappa shape index (κ1) is 19.8. The Morgan fingerprint density at radius 1 is 0.906 bits per heavy atom. The van der Waals surface area contributed by atoms with Crippen LogP contribution in [0.3, 0.4) is 0 Å². The highest BCUT2D eigenvalue weighted by Crippen LogP contribution is 2.22. The zero-order chi connectivity index (χ0) is 22.1. The Morgan fingerprint density at radius 3 is 2.28 bits per heavy atom. The van der Waals surface area contributed by atoms with Crippen LogP contribution in [0.15, 0.2) is 72.8 Å². The maximum Gasteiger partial charge on any atom is 0.251 e. The third-order valence-electron chi connectivity index (χ3n) is 5.50. The number of aromatic amines is 2. The number of anilines is 1. The molecule has 0 aliphatic rings. The number of nitrogens with zero attached hydrogens (tertiary/aromatic N) is 3. The van der Waals surface area contributed by atoms with Crippen LogP contribution in [0.5, 0.6) is 0 Å². The number of fused-ring (bicyclic) bond motifs is 2. The fourth-order valence-electron chi connectivity index (χ4n) is 3.82. The molecule has 1 unspecified atom stereocenters. The molecule has 3 N–H and O–H groups in total. The lowest BCUT2D eigenvalue weighted by molar-refractivity contribution is 0.0934. The van der Waals surface area contributed by atoms with Gasteiger partial charge in [-0.3, -0.25) is 4.79 Å². The molecule has 160 valence electrons. The van der Waals surface area contributed by atoms with E-state index in [1.54, 1.807) is 0 Å². The third-order valence-corrected chi connectivity index (χ3v) is 5.50. The topological polar surface area (TPSA) is 89.7 Å². The van der Waals surface area contributed by atoms with Gasteiger partial charge in [0.1, 0.15) is 11.6 Å². The summed E-state index contributed by atoms with van der Waals surface area (Å²) in [6, 6.07) is 22.9. The molecular formula is C25H24N6O. The van der Waals surface area contributed by atoms with Gasteiger partial charge in [0.15, 0.2) is 0 Å². The molecular weight excluding hydrogens is 400 g/mol. The Labute approximate surface area is 185 Å². The summed E-state index contributed by atoms with van der Waals surface area (Å²) in [6.07, 6.45) is 0.480. The summed E-state index contributed by atoms with van der Waals surface area (Å²) in [4.78, 5) is 31.3. The zero-order valence-electron chi connectivity index (χ0n) is 18.0. The number of carbonyl (C=O) groups is 1. The lowest BCUT2D eigenvalue weighted by Gasteiger charge is -2.17. The average molecular weight is 425 g/mol. The fourth-order valence-corrected chi connectivity index (χ4v) is 3.82. The second-order valence-corrected chi connectivity index (χ2v) is 8.01. The fraction of sp³-hybridized carbons (Fsp3) is 0.160. The summed E-state index contributed by atoms with van der Waals surface area (Å²) < 4.78 is 0. The van der Waals surface area contributed by atoms with E-state index in [1.165, 1.54) is 0 Å². The first-order chi connectivity index (χ1) is 15.6. The molecule has 7 nitrogen and oxygen atoms in total. The number of carbonyl (C=O) groups excluding carboxylic acids is 1. The van der Waals surface area contributed by atoms with Crippen molar-refractivity contribution in [1.29, 1.82) is 0 Å². The number of hydrogen-bond acceptors (Lipinski definition) is 4. The standard InChI is InChI=1S/C25H24N6O/c1-31(2)17-9-7-8-16(14-17)25(32)30-22(24-28-20-12-5-6-13-21(20)29-24)15-23-26-18-10-3-4-11-19(18)27-23/h3-14,22H,15H2,1-2H3,(H,26,27)(H,28,29)(H,30,32). The minimum absolute atomic E-state index is 0.157. The number of aromatic nitrogens is 4. The highest BCUT2D eigenvalue weighted by Gasteiger charge is 2.22. The molecule has 0 bridgehead atoms. The monoisotopic (exact) mass is 424 g/mol. The van der Waals surface area contributed by atoms with Crippen LogP contribution in [0.4, 0.5) is 5.69 Å². The molecule has 0 aliphatic heterocycles. The number of imidazole rings is 2. The summed E-state index contributed by atoms with van der Waals surface area (Å²) in [5.74, 6) is 1.33. The number of rotatable bonds is 6. The minimum Gasteiger partial charge on any atom is -0.378 e. The van der Waals surface area contributed by atoms with Crippen LogP contribution in [0.2, 0.25) is 0 Å². The highest BCUT2D eigenvalue weighted by molar-refractivity contribution is 5.95. The van der Waals surface area contributed by atoms with Crippen LogP contribution >= 0.6 is 0 Å². The molecule has 5 rings (SSSR count). The molecule has 0 saturated heterocycles. The van der Waals surface area contributed by atoms with Crippen molar-refractivity contribution >= 4 is 33.7 Å². The van der Waals surface area contributed by atoms with Crippen LogP contribution < -0.4 is 10.2 Å². The van der Waals surface area contributed by atoms with Crippen molar-refractivity contribution in [2.75, 3.05) is 19.0 Å². The zero-order valence-corrected chi connectivity index (χ0v) is 18.0. The van der Waals surface area contributed by atoms with Gasteiger partial charge in [-0.1, -0.05) is 30.3 Å². The SMILES string of the molecule is CN(C)c1cccc(C(=O)NC(Cc2nc3ccccc3[nH]2)c2nc3ccccc3[nH]2)c1. The molecule has 5 aromatic rings. The molecule has 0 aliphatic carbocycles. The Bertz CT molecular complexity index is 1330. The Hall–Kier alpha value is -4.13. The van der Waals surface area contributed by atoms with Crippen molar-refractivity contribution in [2.45, 2.75) is 12.5 Å². The first-order valence-corrected chi connectivity index (χ1v) is 10.5. The molecule has 0 radical (unpaired) electrons. The van der Waals surface area contributed by atoms with Crippen LogP contribution in [0.1, 0.15) is 28.0 Å². The van der Waals surface area contributed by atoms with E-state index in [4.69, 9.17) is 9.97 Å². The van der Waals surface area contributed by atoms with Crippen molar-refractivity contribution in [1.82, 2.24) is 25.3 Å². The van der Waals surface area contributed by atoms with E-state index in [9.17, 15) is 4.79 Å². The number of nitrogens with one attached hydrogen (secondary N) is 3. The van der Waals surface area contributed by atoms with Gasteiger partial charge in [0.2, 0.25) is 0 Å². The number of hydrogen-bond donors (Lipinski definition) is 3. The minimum atomic E-state index is -0.376. The van der Waals surface area contributed by atoms with Gasteiger partial charge in [0, 0.05) is 31.8 Å². The van der Waals surface area contributed by atoms with Crippen molar-refractivity contribution in [2.24, 2.45) is 0 Å². The highest BCUT2D eigenvalue weighted by atomic mass is 16.1. The molecule has 0 saturated carbocycles. The number of benzene rings is 3. The maximum atomic E-state index is 13.2. The Morgan fingerprint density at radius 2 is 1.59 bits per heavy atom. The van der Waals surface area contributed by atoms with Gasteiger partial charge in [-0.15, -0.1) is 0 Å². The predicted octanol–water partition coefficient (Wildman–Crippen LogP) is 4.22. The smallest absolute Gasteiger partial charge is 0.251 e. The summed E-state index contributed by atoms with van der Waals surface area (Å²) in [5.41, 5.74) is 5.23. The third kappa shape index (κ3) is 3.92. The van der Waals surface area contributed by atoms with E-state index >= 15 is 0 Å². The molecule has 2 heterocycles. The van der Waals surface area contributed by atoms with Gasteiger partial charge in [-0.05, 0) is 42.5 Å². The average Bonchev–Trinajstić information content (AvgIpc) is 3.42. The van der Waals surface area contributed by atoms with Gasteiger partial charge >= 0.3 is 0 Å². The molecule has 2 aromatic heterocycles. The van der Waals surface area contributed by atoms with Crippen molar-refractivity contribution in [3.05, 3.63) is 90.0 Å². The molecule has 7 heteroatoms. The number of amides is 1. The second kappa shape index (κ2) is 8.19. The largest absolute Gasteiger partial charge is 0.378 e. The van der Waals surface area contributed by atoms with Crippen LogP contribution in [-0.4, -0.2) is 39.9 Å². The quantitative estimate of drug-likeness (QED) is 0.381. The van der Waals surface area contributed by atoms with E-state index < -0.39 is 0 Å². The molecule has 3 aromatic carbocycles. The van der Waals surface area contributed by atoms with E-state index in [-0.39, 0.29) is 11.9 Å². The molecule has 1 atom stereocenters. The van der Waals surface area contributed by atoms with Crippen LogP contribution in [-0.2, 0) is 6.42 Å². The van der Waals surface area contributed by atoms with E-state index in [0.29, 0.717) is 17.8 Å². The van der Waals surface area contributed by atoms with Gasteiger partial charge in [-0.2, -0.15) is 0 Å². The maximum absolute atomic E-state index is 13.2.